The van der Waals surface area contributed by atoms with E-state index in [2.05, 4.69) is 36.4 Å². The second kappa shape index (κ2) is 17.3. The molecule has 0 aliphatic carbocycles. The minimum atomic E-state index is 0. The van der Waals surface area contributed by atoms with Crippen molar-refractivity contribution in [2.75, 3.05) is 39.5 Å². The Hall–Kier alpha value is -0.0800. The van der Waals surface area contributed by atoms with Crippen LogP contribution in [0.4, 0.5) is 0 Å². The van der Waals surface area contributed by atoms with Gasteiger partial charge in [-0.2, -0.15) is 0 Å². The number of ether oxygens (including phenoxy) is 2. The Morgan fingerprint density at radius 3 is 2.64 bits per heavy atom. The molecule has 1 heterocycles. The van der Waals surface area contributed by atoms with Gasteiger partial charge in [-0.1, -0.05) is 26.2 Å². The number of guanidine groups is 1. The largest absolute Gasteiger partial charge is 0.381 e. The molecule has 1 atom stereocenters. The van der Waals surface area contributed by atoms with E-state index < -0.39 is 0 Å². The number of rotatable bonds is 12. The lowest BCUT2D eigenvalue weighted by Gasteiger charge is -2.21. The van der Waals surface area contributed by atoms with Gasteiger partial charge in [-0.3, -0.25) is 4.99 Å². The standard InChI is InChI=1S/C19H39N3O2.HI/c1-4-6-7-9-17(3)22-19(20-5-2)21-12-8-13-24-16-18-10-14-23-15-11-18;/h17-18H,4-16H2,1-3H3,(H2,20,21,22);1H. The number of hydrogen-bond donors (Lipinski definition) is 2. The van der Waals surface area contributed by atoms with Gasteiger partial charge in [-0.15, -0.1) is 24.0 Å². The van der Waals surface area contributed by atoms with Gasteiger partial charge in [0.1, 0.15) is 0 Å². The molecule has 0 aromatic rings. The fraction of sp³-hybridized carbons (Fsp3) is 0.947. The van der Waals surface area contributed by atoms with Gasteiger partial charge in [-0.05, 0) is 45.4 Å². The molecule has 1 unspecified atom stereocenters. The highest BCUT2D eigenvalue weighted by Crippen LogP contribution is 2.14. The molecule has 0 bridgehead atoms. The molecule has 6 heteroatoms. The van der Waals surface area contributed by atoms with E-state index in [0.717, 1.165) is 64.7 Å². The van der Waals surface area contributed by atoms with Gasteiger partial charge in [0, 0.05) is 45.6 Å². The van der Waals surface area contributed by atoms with Crippen LogP contribution in [-0.2, 0) is 9.47 Å². The van der Waals surface area contributed by atoms with Crippen molar-refractivity contribution >= 4 is 29.9 Å². The molecular formula is C19H40IN3O2. The number of unbranched alkanes of at least 4 members (excludes halogenated alkanes) is 2. The van der Waals surface area contributed by atoms with E-state index in [1.807, 2.05) is 0 Å². The number of aliphatic imine (C=N–C) groups is 1. The maximum Gasteiger partial charge on any atom is 0.191 e. The highest BCUT2D eigenvalue weighted by atomic mass is 127. The normalized spacial score (nSPS) is 17.0. The Kier molecular flexibility index (Phi) is 17.3. The summed E-state index contributed by atoms with van der Waals surface area (Å²) in [6.45, 7) is 11.8. The molecule has 0 spiro atoms. The molecule has 150 valence electrons. The van der Waals surface area contributed by atoms with Gasteiger partial charge in [0.05, 0.1) is 0 Å². The zero-order valence-corrected chi connectivity index (χ0v) is 18.8. The third-order valence-electron chi connectivity index (χ3n) is 4.38. The summed E-state index contributed by atoms with van der Waals surface area (Å²) in [5, 5.41) is 6.83. The maximum absolute atomic E-state index is 5.80. The number of halogens is 1. The van der Waals surface area contributed by atoms with Gasteiger partial charge in [-0.25, -0.2) is 0 Å². The third kappa shape index (κ3) is 13.7. The highest BCUT2D eigenvalue weighted by molar-refractivity contribution is 14.0. The van der Waals surface area contributed by atoms with Crippen molar-refractivity contribution < 1.29 is 9.47 Å². The highest BCUT2D eigenvalue weighted by Gasteiger charge is 2.13. The first kappa shape index (κ1) is 24.9. The van der Waals surface area contributed by atoms with E-state index >= 15 is 0 Å². The predicted molar refractivity (Wildman–Crippen MR) is 117 cm³/mol. The van der Waals surface area contributed by atoms with E-state index in [4.69, 9.17) is 9.47 Å². The average molecular weight is 469 g/mol. The Balaban J connectivity index is 0.00000576. The molecule has 25 heavy (non-hydrogen) atoms. The van der Waals surface area contributed by atoms with Crippen LogP contribution in [-0.4, -0.2) is 51.5 Å². The van der Waals surface area contributed by atoms with Crippen molar-refractivity contribution in [2.45, 2.75) is 71.8 Å². The third-order valence-corrected chi connectivity index (χ3v) is 4.38. The first-order valence-electron chi connectivity index (χ1n) is 9.96. The molecule has 0 amide bonds. The Morgan fingerprint density at radius 1 is 1.20 bits per heavy atom. The van der Waals surface area contributed by atoms with Gasteiger partial charge in [0.25, 0.3) is 0 Å². The summed E-state index contributed by atoms with van der Waals surface area (Å²) in [5.74, 6) is 1.62. The predicted octanol–water partition coefficient (Wildman–Crippen LogP) is 3.96. The molecular weight excluding hydrogens is 429 g/mol. The van der Waals surface area contributed by atoms with Crippen molar-refractivity contribution in [1.29, 1.82) is 0 Å². The molecule has 0 radical (unpaired) electrons. The summed E-state index contributed by atoms with van der Waals surface area (Å²) in [4.78, 5) is 4.66. The van der Waals surface area contributed by atoms with Crippen molar-refractivity contribution in [3.63, 3.8) is 0 Å². The quantitative estimate of drug-likeness (QED) is 0.197. The minimum Gasteiger partial charge on any atom is -0.381 e. The maximum atomic E-state index is 5.80. The van der Waals surface area contributed by atoms with Gasteiger partial charge in [0.2, 0.25) is 0 Å². The number of hydrogen-bond acceptors (Lipinski definition) is 3. The van der Waals surface area contributed by atoms with Crippen LogP contribution in [0.1, 0.15) is 65.7 Å². The monoisotopic (exact) mass is 469 g/mol. The molecule has 0 saturated carbocycles. The van der Waals surface area contributed by atoms with E-state index in [9.17, 15) is 0 Å². The molecule has 1 saturated heterocycles. The smallest absolute Gasteiger partial charge is 0.191 e. The number of nitrogens with one attached hydrogen (secondary N) is 2. The van der Waals surface area contributed by atoms with Crippen molar-refractivity contribution in [3.05, 3.63) is 0 Å². The van der Waals surface area contributed by atoms with Crippen LogP contribution in [0.25, 0.3) is 0 Å². The van der Waals surface area contributed by atoms with E-state index in [-0.39, 0.29) is 24.0 Å². The molecule has 1 fully saturated rings. The van der Waals surface area contributed by atoms with Crippen LogP contribution >= 0.6 is 24.0 Å². The molecule has 0 aromatic heterocycles. The summed E-state index contributed by atoms with van der Waals surface area (Å²) in [5.41, 5.74) is 0. The summed E-state index contributed by atoms with van der Waals surface area (Å²) in [7, 11) is 0. The van der Waals surface area contributed by atoms with E-state index in [0.29, 0.717) is 12.0 Å². The molecule has 1 rings (SSSR count). The minimum absolute atomic E-state index is 0. The summed E-state index contributed by atoms with van der Waals surface area (Å²) in [6.07, 6.45) is 8.32. The zero-order chi connectivity index (χ0) is 17.5. The fourth-order valence-electron chi connectivity index (χ4n) is 2.85. The zero-order valence-electron chi connectivity index (χ0n) is 16.5. The lowest BCUT2D eigenvalue weighted by molar-refractivity contribution is 0.0205. The molecule has 1 aliphatic heterocycles. The van der Waals surface area contributed by atoms with Gasteiger partial charge >= 0.3 is 0 Å². The lowest BCUT2D eigenvalue weighted by atomic mass is 10.0. The topological polar surface area (TPSA) is 54.9 Å². The van der Waals surface area contributed by atoms with Crippen molar-refractivity contribution in [3.8, 4) is 0 Å². The lowest BCUT2D eigenvalue weighted by Crippen LogP contribution is -2.42. The summed E-state index contributed by atoms with van der Waals surface area (Å²) >= 11 is 0. The first-order valence-corrected chi connectivity index (χ1v) is 9.96. The summed E-state index contributed by atoms with van der Waals surface area (Å²) in [6, 6.07) is 0.471. The fourth-order valence-corrected chi connectivity index (χ4v) is 2.85. The van der Waals surface area contributed by atoms with E-state index in [1.54, 1.807) is 0 Å². The van der Waals surface area contributed by atoms with E-state index in [1.165, 1.54) is 25.7 Å². The van der Waals surface area contributed by atoms with Crippen molar-refractivity contribution in [2.24, 2.45) is 10.9 Å². The average Bonchev–Trinajstić information content (AvgIpc) is 2.59. The Labute approximate surface area is 172 Å². The molecule has 1 aliphatic rings. The molecule has 0 aromatic carbocycles. The van der Waals surface area contributed by atoms with Crippen molar-refractivity contribution in [1.82, 2.24) is 10.6 Å². The van der Waals surface area contributed by atoms with Crippen LogP contribution < -0.4 is 10.6 Å². The van der Waals surface area contributed by atoms with Crippen LogP contribution in [0.15, 0.2) is 4.99 Å². The van der Waals surface area contributed by atoms with Crippen LogP contribution in [0.2, 0.25) is 0 Å². The first-order chi connectivity index (χ1) is 11.8. The second-order valence-electron chi connectivity index (χ2n) is 6.79. The Morgan fingerprint density at radius 2 is 1.96 bits per heavy atom. The van der Waals surface area contributed by atoms with Gasteiger partial charge < -0.3 is 20.1 Å². The molecule has 2 N–H and O–H groups in total. The molecule has 5 nitrogen and oxygen atoms in total. The van der Waals surface area contributed by atoms with Crippen LogP contribution in [0, 0.1) is 5.92 Å². The van der Waals surface area contributed by atoms with Gasteiger partial charge in [0.15, 0.2) is 5.96 Å². The second-order valence-corrected chi connectivity index (χ2v) is 6.79. The summed E-state index contributed by atoms with van der Waals surface area (Å²) < 4.78 is 11.2. The number of nitrogens with zero attached hydrogens (tertiary/aromatic N) is 1. The van der Waals surface area contributed by atoms with Crippen LogP contribution in [0.3, 0.4) is 0 Å². The Bertz CT molecular complexity index is 324. The SMILES string of the molecule is CCCCCC(C)NC(=NCCCOCC1CCOCC1)NCC.I. The van der Waals surface area contributed by atoms with Crippen LogP contribution in [0.5, 0.6) is 0 Å².